The summed E-state index contributed by atoms with van der Waals surface area (Å²) >= 11 is 0. The van der Waals surface area contributed by atoms with Gasteiger partial charge in [0.1, 0.15) is 0 Å². The third kappa shape index (κ3) is 1.41. The van der Waals surface area contributed by atoms with Crippen LogP contribution in [0.25, 0.3) is 0 Å². The van der Waals surface area contributed by atoms with Gasteiger partial charge in [0, 0.05) is 21.6 Å². The third-order valence-corrected chi connectivity index (χ3v) is 1.17. The highest BCUT2D eigenvalue weighted by molar-refractivity contribution is 5.93. The van der Waals surface area contributed by atoms with Gasteiger partial charge in [-0.2, -0.15) is 0 Å². The molecule has 0 aliphatic rings. The number of pyridine rings is 1. The Labute approximate surface area is 64.1 Å². The van der Waals surface area contributed by atoms with E-state index in [0.29, 0.717) is 5.56 Å². The first kappa shape index (κ1) is 3.86. The zero-order valence-corrected chi connectivity index (χ0v) is 5.59. The Morgan fingerprint density at radius 3 is 2.90 bits per heavy atom. The smallest absolute Gasteiger partial charge is 0.161 e. The van der Waals surface area contributed by atoms with Gasteiger partial charge in [0.2, 0.25) is 0 Å². The maximum absolute atomic E-state index is 10.8. The van der Waals surface area contributed by atoms with Gasteiger partial charge < -0.3 is 0 Å². The summed E-state index contributed by atoms with van der Waals surface area (Å²) in [4.78, 5) is 14.5. The number of aromatic nitrogens is 1. The number of nitrogens with zero attached hydrogens (tertiary/aromatic N) is 1. The Morgan fingerprint density at radius 2 is 2.50 bits per heavy atom. The summed E-state index contributed by atoms with van der Waals surface area (Å²) < 4.78 is 21.1. The summed E-state index contributed by atoms with van der Waals surface area (Å²) in [5.74, 6) is -0.121. The molecule has 1 aromatic rings. The summed E-state index contributed by atoms with van der Waals surface area (Å²) in [5.41, 5.74) is 0.436. The highest BCUT2D eigenvalue weighted by Gasteiger charge is 1.96. The molecule has 0 amide bonds. The number of carbonyl (C=O) groups is 1. The largest absolute Gasteiger partial charge is 0.294 e. The molecule has 52 valence electrons. The van der Waals surface area contributed by atoms with Crippen LogP contribution in [0.1, 0.15) is 27.1 Å². The second kappa shape index (κ2) is 2.60. The number of aryl methyl sites for hydroxylation is 1. The molecule has 0 radical (unpaired) electrons. The normalized spacial score (nSPS) is 15.1. The molecule has 0 saturated heterocycles. The second-order valence-corrected chi connectivity index (χ2v) is 1.99. The van der Waals surface area contributed by atoms with E-state index in [0.717, 1.165) is 0 Å². The van der Waals surface area contributed by atoms with Crippen molar-refractivity contribution < 1.29 is 8.91 Å². The molecular weight excluding hydrogens is 126 g/mol. The molecule has 0 atom stereocenters. The molecule has 0 aliphatic heterocycles. The molecule has 0 saturated carbocycles. The highest BCUT2D eigenvalue weighted by Crippen LogP contribution is 1.98. The summed E-state index contributed by atoms with van der Waals surface area (Å²) in [7, 11) is 0. The van der Waals surface area contributed by atoms with Gasteiger partial charge >= 0.3 is 0 Å². The molecule has 0 bridgehead atoms. The monoisotopic (exact) mass is 138 g/mol. The SMILES string of the molecule is [2H]C([2H])([2H])c1ccc(C(C)=O)cn1. The van der Waals surface area contributed by atoms with Crippen LogP contribution in [0.15, 0.2) is 18.3 Å². The highest BCUT2D eigenvalue weighted by atomic mass is 16.1. The van der Waals surface area contributed by atoms with E-state index in [-0.39, 0.29) is 11.5 Å². The topological polar surface area (TPSA) is 30.0 Å². The van der Waals surface area contributed by atoms with Gasteiger partial charge in [0.05, 0.1) is 0 Å². The van der Waals surface area contributed by atoms with E-state index in [1.807, 2.05) is 0 Å². The van der Waals surface area contributed by atoms with Crippen LogP contribution >= 0.6 is 0 Å². The van der Waals surface area contributed by atoms with Crippen LogP contribution in [0.2, 0.25) is 0 Å². The lowest BCUT2D eigenvalue weighted by molar-refractivity contribution is 0.101. The molecule has 2 nitrogen and oxygen atoms in total. The van der Waals surface area contributed by atoms with Gasteiger partial charge in [-0.05, 0) is 25.9 Å². The van der Waals surface area contributed by atoms with Gasteiger partial charge in [0.25, 0.3) is 0 Å². The predicted octanol–water partition coefficient (Wildman–Crippen LogP) is 1.59. The van der Waals surface area contributed by atoms with E-state index in [4.69, 9.17) is 4.11 Å². The molecule has 0 aromatic carbocycles. The van der Waals surface area contributed by atoms with Crippen molar-refractivity contribution in [1.82, 2.24) is 4.98 Å². The molecule has 1 rings (SSSR count). The molecule has 0 spiro atoms. The number of rotatable bonds is 1. The van der Waals surface area contributed by atoms with E-state index < -0.39 is 6.85 Å². The zero-order chi connectivity index (χ0) is 10.1. The van der Waals surface area contributed by atoms with Crippen molar-refractivity contribution in [1.29, 1.82) is 0 Å². The lowest BCUT2D eigenvalue weighted by atomic mass is 10.2. The number of ketones is 1. The van der Waals surface area contributed by atoms with E-state index in [2.05, 4.69) is 4.98 Å². The quantitative estimate of drug-likeness (QED) is 0.551. The molecule has 1 aromatic heterocycles. The minimum absolute atomic E-state index is 0.0116. The van der Waals surface area contributed by atoms with Crippen LogP contribution < -0.4 is 0 Å². The van der Waals surface area contributed by atoms with Crippen molar-refractivity contribution in [3.63, 3.8) is 0 Å². The average molecular weight is 138 g/mol. The van der Waals surface area contributed by atoms with Crippen LogP contribution in [-0.2, 0) is 0 Å². The van der Waals surface area contributed by atoms with Crippen molar-refractivity contribution in [3.8, 4) is 0 Å². The van der Waals surface area contributed by atoms with Crippen LogP contribution in [0.4, 0.5) is 0 Å². The van der Waals surface area contributed by atoms with Gasteiger partial charge in [-0.3, -0.25) is 9.78 Å². The Morgan fingerprint density at radius 1 is 1.70 bits per heavy atom. The Hall–Kier alpha value is -1.18. The fourth-order valence-corrected chi connectivity index (χ4v) is 0.602. The minimum Gasteiger partial charge on any atom is -0.294 e. The van der Waals surface area contributed by atoms with Gasteiger partial charge in [-0.25, -0.2) is 0 Å². The molecular formula is C8H9NO. The maximum Gasteiger partial charge on any atom is 0.161 e. The molecule has 2 heteroatoms. The van der Waals surface area contributed by atoms with Crippen LogP contribution in [0.3, 0.4) is 0 Å². The third-order valence-electron chi connectivity index (χ3n) is 1.17. The Kier molecular flexibility index (Phi) is 1.01. The maximum atomic E-state index is 10.8. The average Bonchev–Trinajstić information content (AvgIpc) is 2.03. The number of carbonyl (C=O) groups excluding carboxylic acids is 1. The van der Waals surface area contributed by atoms with E-state index >= 15 is 0 Å². The van der Waals surface area contributed by atoms with Gasteiger partial charge in [-0.15, -0.1) is 0 Å². The lowest BCUT2D eigenvalue weighted by Gasteiger charge is -1.93. The Balaban J connectivity index is 3.01. The Bertz CT molecular complexity index is 315. The molecule has 1 heterocycles. The molecule has 0 aliphatic carbocycles. The number of Topliss-reactive ketones (excluding diaryl/α,β-unsaturated/α-hetero) is 1. The standard InChI is InChI=1S/C8H9NO/c1-6-3-4-8(5-9-6)7(2)10/h3-5H,1-2H3/i1D3. The summed E-state index contributed by atoms with van der Waals surface area (Å²) in [6.07, 6.45) is 1.28. The molecule has 0 N–H and O–H groups in total. The molecule has 0 unspecified atom stereocenters. The molecule has 10 heavy (non-hydrogen) atoms. The van der Waals surface area contributed by atoms with E-state index in [9.17, 15) is 4.79 Å². The van der Waals surface area contributed by atoms with Crippen LogP contribution in [0.5, 0.6) is 0 Å². The number of hydrogen-bond donors (Lipinski definition) is 0. The van der Waals surface area contributed by atoms with Crippen LogP contribution in [-0.4, -0.2) is 10.8 Å². The van der Waals surface area contributed by atoms with Crippen LogP contribution in [0, 0.1) is 6.85 Å². The van der Waals surface area contributed by atoms with Crippen molar-refractivity contribution in [2.75, 3.05) is 0 Å². The fraction of sp³-hybridized carbons (Fsp3) is 0.250. The first-order valence-corrected chi connectivity index (χ1v) is 2.89. The van der Waals surface area contributed by atoms with E-state index in [1.54, 1.807) is 0 Å². The van der Waals surface area contributed by atoms with Crippen molar-refractivity contribution in [3.05, 3.63) is 29.6 Å². The first-order chi connectivity index (χ1) is 5.91. The lowest BCUT2D eigenvalue weighted by Crippen LogP contribution is -1.92. The first-order valence-electron chi connectivity index (χ1n) is 4.39. The van der Waals surface area contributed by atoms with Gasteiger partial charge in [0.15, 0.2) is 5.78 Å². The zero-order valence-electron chi connectivity index (χ0n) is 8.59. The van der Waals surface area contributed by atoms with Crippen molar-refractivity contribution in [2.24, 2.45) is 0 Å². The number of hydrogen-bond acceptors (Lipinski definition) is 2. The predicted molar refractivity (Wildman–Crippen MR) is 39.0 cm³/mol. The van der Waals surface area contributed by atoms with Crippen molar-refractivity contribution >= 4 is 5.78 Å². The molecule has 0 fully saturated rings. The minimum atomic E-state index is -2.20. The summed E-state index contributed by atoms with van der Waals surface area (Å²) in [5, 5.41) is 0. The fourth-order valence-electron chi connectivity index (χ4n) is 0.602. The van der Waals surface area contributed by atoms with Crippen molar-refractivity contribution in [2.45, 2.75) is 13.8 Å². The second-order valence-electron chi connectivity index (χ2n) is 1.99. The summed E-state index contributed by atoms with van der Waals surface area (Å²) in [6.45, 7) is -0.790. The van der Waals surface area contributed by atoms with E-state index in [1.165, 1.54) is 25.3 Å². The summed E-state index contributed by atoms with van der Waals surface area (Å²) in [6, 6.07) is 2.82. The van der Waals surface area contributed by atoms with Gasteiger partial charge in [-0.1, -0.05) is 0 Å².